The lowest BCUT2D eigenvalue weighted by atomic mass is 10.1. The first-order valence-corrected chi connectivity index (χ1v) is 43.9. The second-order valence-electron chi connectivity index (χ2n) is 31.8. The summed E-state index contributed by atoms with van der Waals surface area (Å²) in [6.07, 6.45) is 0. The molecular formula is C129H84N8S2. The molecule has 10 aromatic heterocycles. The highest BCUT2D eigenvalue weighted by Crippen LogP contribution is 2.48. The predicted octanol–water partition coefficient (Wildman–Crippen LogP) is 35.5. The van der Waals surface area contributed by atoms with Gasteiger partial charge in [0.2, 0.25) is 0 Å². The van der Waals surface area contributed by atoms with Crippen LogP contribution in [0.15, 0.2) is 453 Å². The molecule has 0 aliphatic carbocycles. The van der Waals surface area contributed by atoms with Gasteiger partial charge in [0.05, 0.1) is 202 Å². The van der Waals surface area contributed by atoms with Gasteiger partial charge in [-0.1, -0.05) is 265 Å². The van der Waals surface area contributed by atoms with Gasteiger partial charge in [-0.05, 0) is 226 Å². The fraction of sp³-hybridized carbons (Fsp3) is 0.0233. The Hall–Kier alpha value is -17.5. The normalized spacial score (nSPS) is 19.0. The van der Waals surface area contributed by atoms with Gasteiger partial charge in [0.25, 0.3) is 0 Å². The van der Waals surface area contributed by atoms with Crippen LogP contribution in [0, 0.1) is 20.8 Å². The molecule has 0 spiro atoms. The molecule has 0 amide bonds. The van der Waals surface area contributed by atoms with Gasteiger partial charge in [0, 0.05) is 151 Å². The van der Waals surface area contributed by atoms with Crippen LogP contribution < -0.4 is 0 Å². The predicted molar refractivity (Wildman–Crippen MR) is 594 cm³/mol. The first-order chi connectivity index (χ1) is 97.1. The van der Waals surface area contributed by atoms with Crippen molar-refractivity contribution in [3.8, 4) is 45.5 Å². The molecule has 0 fully saturated rings. The molecule has 0 unspecified atom stereocenters. The van der Waals surface area contributed by atoms with E-state index >= 15 is 0 Å². The Balaban J connectivity index is 0.000000140. The van der Waals surface area contributed by atoms with Gasteiger partial charge in [-0.15, -0.1) is 22.7 Å². The van der Waals surface area contributed by atoms with Gasteiger partial charge in [-0.3, -0.25) is 0 Å². The number of nitrogens with zero attached hydrogens (tertiary/aromatic N) is 8. The summed E-state index contributed by atoms with van der Waals surface area (Å²) in [4.78, 5) is 0. The molecule has 31 aromatic rings. The van der Waals surface area contributed by atoms with Crippen LogP contribution in [0.1, 0.15) is 110 Å². The third-order valence-corrected chi connectivity index (χ3v) is 26.5. The maximum absolute atomic E-state index is 10.2. The summed E-state index contributed by atoms with van der Waals surface area (Å²) < 4.78 is 627. The Morgan fingerprint density at radius 1 is 0.158 bits per heavy atom. The van der Waals surface area contributed by atoms with Crippen LogP contribution in [0.5, 0.6) is 0 Å². The van der Waals surface area contributed by atoms with E-state index in [9.17, 15) is 30.2 Å². The molecule has 652 valence electrons. The van der Waals surface area contributed by atoms with Crippen LogP contribution >= 0.6 is 22.7 Å². The van der Waals surface area contributed by atoms with Crippen LogP contribution in [0.3, 0.4) is 0 Å². The van der Waals surface area contributed by atoms with Crippen LogP contribution in [-0.2, 0) is 0 Å². The van der Waals surface area contributed by atoms with Crippen LogP contribution in [-0.4, -0.2) is 36.5 Å². The lowest BCUT2D eigenvalue weighted by molar-refractivity contribution is 1.13. The Kier molecular flexibility index (Phi) is 8.24. The highest BCUT2D eigenvalue weighted by molar-refractivity contribution is 7.26. The van der Waals surface area contributed by atoms with E-state index in [0.29, 0.717) is 26.2 Å². The molecule has 0 saturated heterocycles. The standard InChI is InChI=1S/C55H36N4.2C37H24N2S/c1-35-25-28-53-45(31-35)42-17-4-9-22-50(42)59(53)39-27-30-55-47(34-39)44-19-6-11-24-52(44)57(55)37-14-12-13-36(32-37)56-51-23-10-5-18-43(51)46-33-38(26-29-54(46)56)58-48-20-7-2-15-40(48)41-16-3-8-21-49(41)58;2*1-23-17-19-33-29(21-23)25-9-2-5-13-31(25)38(33)24-18-20-34-30(22-24)26-10-3-6-14-32(26)39(34)35-15-8-12-28-27-11-4-7-16-36(27)40-37(28)35/h2-34H,1H3;2*2-22H,1H3/i2D,3D,4D,5D,6D,7D,8D,9D,10D,11D,12D,13D,14D,15D,16D,17D,18D,19D,20D,21D,22D,23D,24D,25D,26D,27D,28D,29D,30D,31D,32D,33D,34D;2D,3D,4D,5D,6D,7D,8D,9D,10D,11D,12D,13D,14D,15D,16D,17D,18D,19D,20D,21D,22D;2D,3D,5D,6D,9D,10D,13D,14D,17D,18D,19D,20D,21D,22D. The van der Waals surface area contributed by atoms with E-state index in [2.05, 4.69) is 0 Å². The van der Waals surface area contributed by atoms with E-state index < -0.39 is 531 Å². The number of fused-ring (bicyclic) bond motifs is 30. The first kappa shape index (κ1) is 37.3. The molecule has 0 bridgehead atoms. The van der Waals surface area contributed by atoms with Crippen LogP contribution in [0.25, 0.3) is 260 Å². The molecule has 0 atom stereocenters. The Morgan fingerprint density at radius 3 is 0.784 bits per heavy atom. The number of rotatable bonds is 8. The number of para-hydroxylation sites is 9. The first-order valence-electron chi connectivity index (χ1n) is 76.3. The lowest BCUT2D eigenvalue weighted by Crippen LogP contribution is -1.99. The highest BCUT2D eigenvalue weighted by atomic mass is 32.1. The summed E-state index contributed by atoms with van der Waals surface area (Å²) in [5.74, 6) is 0. The molecule has 0 saturated carbocycles. The lowest BCUT2D eigenvalue weighted by Gasteiger charge is -2.13. The largest absolute Gasteiger partial charge is 0.309 e. The second-order valence-corrected chi connectivity index (χ2v) is 33.9. The summed E-state index contributed by atoms with van der Waals surface area (Å²) in [7, 11) is 0. The Bertz CT molecular complexity index is 14500. The summed E-state index contributed by atoms with van der Waals surface area (Å²) in [5, 5.41) is -4.70. The van der Waals surface area contributed by atoms with Gasteiger partial charge < -0.3 is 36.5 Å². The second kappa shape index (κ2) is 30.7. The molecule has 0 aliphatic heterocycles. The van der Waals surface area contributed by atoms with Crippen molar-refractivity contribution in [3.05, 3.63) is 470 Å². The SMILES string of the molecule is [2H]c1c([2H])c(-n2c3c([2H])c([2H])c([2H])c([2H])c3c3c([2H])c(-n4c5c([2H])c([2H])c([2H])c([2H])c5c5c([2H])c([2H])c([2H])c([2H])c54)c([2H])c([2H])c32)c([2H])c(-n2c3c([2H])c([2H])c([2H])c([2H])c3c3c([2H])c(-n4c5c([2H])c([2H])c([2H])c([2H])c5c5c([2H])c(C)c([2H])c([2H])c54)c([2H])c([2H])c32)c1[2H].[2H]c1c([2H])c([2H])c2c(c1[2H])c1c([2H])c(C)c([2H])c([2H])c1n2-c1c([2H])c([2H])c2c(c1[2H])c1c([2H])c([2H])c([2H])c([2H])c1n2-c1cccc2c1sc1ccccc12.[2H]c1c([2H])c([2H])c2c(sc3c(-n4c5c([2H])c([2H])c([2H])c([2H])c5c5c([2H])c(-n6c7c([2H])c([2H])c([2H])c([2H])c7c7c([2H])c(C)c([2H])c([2H])c76)c([2H])c([2H])c54)c([2H])c([2H])c([2H])c32)c1[2H]. The van der Waals surface area contributed by atoms with Crippen molar-refractivity contribution < 1.29 is 93.2 Å². The monoisotopic (exact) mass is 1880 g/mol. The van der Waals surface area contributed by atoms with Gasteiger partial charge in [-0.25, -0.2) is 0 Å². The molecule has 8 nitrogen and oxygen atoms in total. The minimum atomic E-state index is -1.18. The third-order valence-electron chi connectivity index (χ3n) is 24.2. The summed E-state index contributed by atoms with van der Waals surface area (Å²) in [5.41, 5.74) is -12.1. The number of hydrogen-bond acceptors (Lipinski definition) is 2. The maximum Gasteiger partial charge on any atom is 0.0667 e. The number of hydrogen-bond donors (Lipinski definition) is 0. The van der Waals surface area contributed by atoms with E-state index in [1.165, 1.54) is 36.7 Å². The fourth-order valence-electron chi connectivity index (χ4n) is 18.4. The molecule has 10 heteroatoms. The van der Waals surface area contributed by atoms with E-state index in [1.807, 2.05) is 30.3 Å². The Labute approximate surface area is 901 Å². The van der Waals surface area contributed by atoms with Gasteiger partial charge in [-0.2, -0.15) is 0 Å². The van der Waals surface area contributed by atoms with E-state index in [4.69, 9.17) is 63.1 Å². The summed E-state index contributed by atoms with van der Waals surface area (Å²) in [6, 6.07) is -38.4. The van der Waals surface area contributed by atoms with Crippen molar-refractivity contribution in [1.29, 1.82) is 0 Å². The minimum absolute atomic E-state index is 0.00367. The smallest absolute Gasteiger partial charge is 0.0667 e. The van der Waals surface area contributed by atoms with E-state index in [-0.39, 0.29) is 131 Å². The molecule has 139 heavy (non-hydrogen) atoms. The van der Waals surface area contributed by atoms with Gasteiger partial charge in [0.15, 0.2) is 0 Å². The summed E-state index contributed by atoms with van der Waals surface area (Å²) in [6.45, 7) is 4.16. The zero-order valence-corrected chi connectivity index (χ0v) is 72.6. The van der Waals surface area contributed by atoms with Crippen molar-refractivity contribution in [2.75, 3.05) is 0 Å². The summed E-state index contributed by atoms with van der Waals surface area (Å²) >= 11 is 2.17. The number of aromatic nitrogens is 8. The van der Waals surface area contributed by atoms with Crippen molar-refractivity contribution >= 4 is 237 Å². The van der Waals surface area contributed by atoms with Gasteiger partial charge >= 0.3 is 0 Å². The van der Waals surface area contributed by atoms with E-state index in [0.717, 1.165) is 43.0 Å². The molecular weight excluding hydrogens is 1730 g/mol. The number of benzene rings is 21. The molecule has 0 aliphatic rings. The Morgan fingerprint density at radius 2 is 0.410 bits per heavy atom. The van der Waals surface area contributed by atoms with Crippen molar-refractivity contribution in [3.63, 3.8) is 0 Å². The zero-order chi connectivity index (χ0) is 151. The van der Waals surface area contributed by atoms with Crippen LogP contribution in [0.4, 0.5) is 0 Å². The zero-order valence-electron chi connectivity index (χ0n) is 139. The average molecular weight is 1880 g/mol. The third kappa shape index (κ3) is 11.9. The van der Waals surface area contributed by atoms with Crippen molar-refractivity contribution in [2.24, 2.45) is 0 Å². The average Bonchev–Trinajstić information content (AvgIpc) is 1.51. The number of thiophene rings is 2. The minimum Gasteiger partial charge on any atom is -0.309 e. The van der Waals surface area contributed by atoms with Crippen molar-refractivity contribution in [2.45, 2.75) is 20.8 Å². The van der Waals surface area contributed by atoms with Crippen LogP contribution in [0.2, 0.25) is 0 Å². The van der Waals surface area contributed by atoms with Crippen molar-refractivity contribution in [1.82, 2.24) is 36.5 Å². The molecule has 10 heterocycles. The van der Waals surface area contributed by atoms with E-state index in [1.54, 1.807) is 12.1 Å². The topological polar surface area (TPSA) is 39.4 Å². The molecule has 0 N–H and O–H groups in total. The molecule has 21 aromatic carbocycles. The van der Waals surface area contributed by atoms with Gasteiger partial charge in [0.1, 0.15) is 0 Å². The molecule has 31 rings (SSSR count). The fourth-order valence-corrected chi connectivity index (χ4v) is 20.7. The quantitative estimate of drug-likeness (QED) is 0.145. The maximum atomic E-state index is 10.2. The molecule has 0 radical (unpaired) electrons. The highest BCUT2D eigenvalue weighted by Gasteiger charge is 2.26.